The molecule has 3 unspecified atom stereocenters. The van der Waals surface area contributed by atoms with Gasteiger partial charge in [-0.3, -0.25) is 9.52 Å². The predicted molar refractivity (Wildman–Crippen MR) is 90.8 cm³/mol. The molecule has 3 rings (SSSR count). The number of rotatable bonds is 4. The first-order valence-electron chi connectivity index (χ1n) is 8.05. The van der Waals surface area contributed by atoms with Gasteiger partial charge in [0.25, 0.3) is 0 Å². The van der Waals surface area contributed by atoms with E-state index < -0.39 is 10.0 Å². The SMILES string of the molecule is CS(=O)(=O)Nc1ccc(NC(=O)C2CC3CCCCC3N2)cc1. The number of benzene rings is 1. The van der Waals surface area contributed by atoms with Crippen LogP contribution in [0.25, 0.3) is 0 Å². The highest BCUT2D eigenvalue weighted by atomic mass is 32.2. The molecular formula is C16H23N3O3S. The van der Waals surface area contributed by atoms with Gasteiger partial charge in [-0.25, -0.2) is 8.42 Å². The van der Waals surface area contributed by atoms with Gasteiger partial charge in [-0.2, -0.15) is 0 Å². The monoisotopic (exact) mass is 337 g/mol. The Labute approximate surface area is 137 Å². The fraction of sp³-hybridized carbons (Fsp3) is 0.562. The zero-order valence-electron chi connectivity index (χ0n) is 13.2. The Balaban J connectivity index is 1.58. The average molecular weight is 337 g/mol. The van der Waals surface area contributed by atoms with Crippen LogP contribution in [0.2, 0.25) is 0 Å². The van der Waals surface area contributed by atoms with E-state index in [0.29, 0.717) is 23.3 Å². The Morgan fingerprint density at radius 2 is 1.78 bits per heavy atom. The largest absolute Gasteiger partial charge is 0.325 e. The molecule has 0 bridgehead atoms. The molecule has 7 heteroatoms. The van der Waals surface area contributed by atoms with Crippen LogP contribution < -0.4 is 15.4 Å². The Morgan fingerprint density at radius 3 is 2.43 bits per heavy atom. The van der Waals surface area contributed by atoms with Gasteiger partial charge in [0.1, 0.15) is 0 Å². The quantitative estimate of drug-likeness (QED) is 0.783. The minimum Gasteiger partial charge on any atom is -0.325 e. The topological polar surface area (TPSA) is 87.3 Å². The maximum absolute atomic E-state index is 12.4. The van der Waals surface area contributed by atoms with Crippen LogP contribution in [0.4, 0.5) is 11.4 Å². The van der Waals surface area contributed by atoms with Crippen LogP contribution in [-0.2, 0) is 14.8 Å². The molecule has 2 aliphatic rings. The average Bonchev–Trinajstić information content (AvgIpc) is 2.92. The summed E-state index contributed by atoms with van der Waals surface area (Å²) in [6, 6.07) is 7.04. The van der Waals surface area contributed by atoms with Crippen molar-refractivity contribution >= 4 is 27.3 Å². The lowest BCUT2D eigenvalue weighted by atomic mass is 9.85. The molecule has 1 aromatic rings. The summed E-state index contributed by atoms with van der Waals surface area (Å²) >= 11 is 0. The highest BCUT2D eigenvalue weighted by molar-refractivity contribution is 7.92. The van der Waals surface area contributed by atoms with E-state index in [1.54, 1.807) is 24.3 Å². The van der Waals surface area contributed by atoms with Crippen LogP contribution in [0, 0.1) is 5.92 Å². The van der Waals surface area contributed by atoms with Gasteiger partial charge in [0.2, 0.25) is 15.9 Å². The fourth-order valence-corrected chi connectivity index (χ4v) is 4.15. The summed E-state index contributed by atoms with van der Waals surface area (Å²) in [6.45, 7) is 0. The van der Waals surface area contributed by atoms with Crippen LogP contribution in [0.5, 0.6) is 0 Å². The molecule has 1 saturated heterocycles. The zero-order chi connectivity index (χ0) is 16.4. The summed E-state index contributed by atoms with van der Waals surface area (Å²) in [6.07, 6.45) is 6.91. The van der Waals surface area contributed by atoms with Crippen molar-refractivity contribution in [3.8, 4) is 0 Å². The standard InChI is InChI=1S/C16H23N3O3S/c1-23(21,22)19-13-8-6-12(7-9-13)17-16(20)15-10-11-4-2-3-5-14(11)18-15/h6-9,11,14-15,18-19H,2-5,10H2,1H3,(H,17,20). The van der Waals surface area contributed by atoms with Gasteiger partial charge in [-0.1, -0.05) is 12.8 Å². The molecule has 6 nitrogen and oxygen atoms in total. The Morgan fingerprint density at radius 1 is 1.13 bits per heavy atom. The molecule has 3 atom stereocenters. The van der Waals surface area contributed by atoms with E-state index in [-0.39, 0.29) is 11.9 Å². The number of fused-ring (bicyclic) bond motifs is 1. The molecule has 2 fully saturated rings. The van der Waals surface area contributed by atoms with E-state index in [1.807, 2.05) is 0 Å². The molecule has 1 aromatic carbocycles. The van der Waals surface area contributed by atoms with E-state index in [1.165, 1.54) is 25.7 Å². The van der Waals surface area contributed by atoms with Crippen LogP contribution >= 0.6 is 0 Å². The van der Waals surface area contributed by atoms with E-state index in [2.05, 4.69) is 15.4 Å². The highest BCUT2D eigenvalue weighted by Crippen LogP contribution is 2.33. The number of amides is 1. The van der Waals surface area contributed by atoms with Gasteiger partial charge in [-0.15, -0.1) is 0 Å². The van der Waals surface area contributed by atoms with Crippen molar-refractivity contribution in [2.75, 3.05) is 16.3 Å². The van der Waals surface area contributed by atoms with E-state index in [0.717, 1.165) is 12.7 Å². The summed E-state index contributed by atoms with van der Waals surface area (Å²) in [5.41, 5.74) is 1.15. The second kappa shape index (κ2) is 6.49. The first-order chi connectivity index (χ1) is 10.9. The molecule has 1 aliphatic carbocycles. The zero-order valence-corrected chi connectivity index (χ0v) is 14.0. The van der Waals surface area contributed by atoms with E-state index in [9.17, 15) is 13.2 Å². The number of hydrogen-bond donors (Lipinski definition) is 3. The summed E-state index contributed by atoms with van der Waals surface area (Å²) < 4.78 is 24.7. The van der Waals surface area contributed by atoms with Crippen LogP contribution in [-0.4, -0.2) is 32.7 Å². The van der Waals surface area contributed by atoms with Crippen molar-refractivity contribution in [1.82, 2.24) is 5.32 Å². The molecule has 1 amide bonds. The summed E-state index contributed by atoms with van der Waals surface area (Å²) in [4.78, 5) is 12.4. The lowest BCUT2D eigenvalue weighted by molar-refractivity contribution is -0.117. The first-order valence-corrected chi connectivity index (χ1v) is 9.94. The van der Waals surface area contributed by atoms with Crippen LogP contribution in [0.15, 0.2) is 24.3 Å². The molecule has 3 N–H and O–H groups in total. The number of anilines is 2. The summed E-state index contributed by atoms with van der Waals surface area (Å²) in [5.74, 6) is 0.615. The molecule has 0 radical (unpaired) electrons. The molecular weight excluding hydrogens is 314 g/mol. The maximum atomic E-state index is 12.4. The number of carbonyl (C=O) groups is 1. The third kappa shape index (κ3) is 4.23. The fourth-order valence-electron chi connectivity index (χ4n) is 3.59. The van der Waals surface area contributed by atoms with Gasteiger partial charge in [-0.05, 0) is 49.4 Å². The van der Waals surface area contributed by atoms with Gasteiger partial charge < -0.3 is 10.6 Å². The number of hydrogen-bond acceptors (Lipinski definition) is 4. The minimum atomic E-state index is -3.29. The van der Waals surface area contributed by atoms with Crippen molar-refractivity contribution in [2.45, 2.75) is 44.2 Å². The van der Waals surface area contributed by atoms with Gasteiger partial charge >= 0.3 is 0 Å². The predicted octanol–water partition coefficient (Wildman–Crippen LogP) is 1.92. The van der Waals surface area contributed by atoms with Crippen molar-refractivity contribution in [3.63, 3.8) is 0 Å². The molecule has 1 aliphatic heterocycles. The summed E-state index contributed by atoms with van der Waals surface area (Å²) in [5, 5.41) is 6.36. The third-order valence-electron chi connectivity index (χ3n) is 4.63. The molecule has 0 spiro atoms. The summed E-state index contributed by atoms with van der Waals surface area (Å²) in [7, 11) is -3.29. The molecule has 23 heavy (non-hydrogen) atoms. The second-order valence-corrected chi connectivity index (χ2v) is 8.30. The van der Waals surface area contributed by atoms with Crippen LogP contribution in [0.3, 0.4) is 0 Å². The number of carbonyl (C=O) groups excluding carboxylic acids is 1. The van der Waals surface area contributed by atoms with Crippen molar-refractivity contribution in [1.29, 1.82) is 0 Å². The lowest BCUT2D eigenvalue weighted by Crippen LogP contribution is -2.39. The smallest absolute Gasteiger partial charge is 0.241 e. The maximum Gasteiger partial charge on any atom is 0.241 e. The minimum absolute atomic E-state index is 0.0109. The third-order valence-corrected chi connectivity index (χ3v) is 5.24. The molecule has 1 saturated carbocycles. The van der Waals surface area contributed by atoms with Crippen molar-refractivity contribution in [3.05, 3.63) is 24.3 Å². The van der Waals surface area contributed by atoms with Crippen molar-refractivity contribution in [2.24, 2.45) is 5.92 Å². The second-order valence-electron chi connectivity index (χ2n) is 6.55. The van der Waals surface area contributed by atoms with E-state index >= 15 is 0 Å². The van der Waals surface area contributed by atoms with Gasteiger partial charge in [0.15, 0.2) is 0 Å². The highest BCUT2D eigenvalue weighted by Gasteiger charge is 2.38. The molecule has 1 heterocycles. The number of nitrogens with one attached hydrogen (secondary N) is 3. The van der Waals surface area contributed by atoms with Gasteiger partial charge in [0.05, 0.1) is 12.3 Å². The Kier molecular flexibility index (Phi) is 4.59. The lowest BCUT2D eigenvalue weighted by Gasteiger charge is -2.24. The normalized spacial score (nSPS) is 27.3. The number of sulfonamides is 1. The van der Waals surface area contributed by atoms with Crippen molar-refractivity contribution < 1.29 is 13.2 Å². The Bertz CT molecular complexity index is 658. The van der Waals surface area contributed by atoms with Gasteiger partial charge in [0, 0.05) is 17.4 Å². The first kappa shape index (κ1) is 16.3. The molecule has 126 valence electrons. The van der Waals surface area contributed by atoms with Crippen LogP contribution in [0.1, 0.15) is 32.1 Å². The Hall–Kier alpha value is -1.60. The van der Waals surface area contributed by atoms with E-state index in [4.69, 9.17) is 0 Å². The molecule has 0 aromatic heterocycles.